The molecule has 7 aliphatic rings. The van der Waals surface area contributed by atoms with Gasteiger partial charge in [0.05, 0.1) is 31.0 Å². The van der Waals surface area contributed by atoms with E-state index >= 15 is 0 Å². The molecule has 0 unspecified atom stereocenters. The third-order valence-electron chi connectivity index (χ3n) is 13.6. The number of fused-ring (bicyclic) bond motifs is 7. The van der Waals surface area contributed by atoms with Crippen molar-refractivity contribution in [3.05, 3.63) is 11.6 Å². The van der Waals surface area contributed by atoms with E-state index in [0.717, 1.165) is 38.7 Å². The van der Waals surface area contributed by atoms with Crippen LogP contribution in [0.4, 0.5) is 0 Å². The molecule has 232 valence electrons. The van der Waals surface area contributed by atoms with Crippen molar-refractivity contribution in [2.75, 3.05) is 6.61 Å². The lowest BCUT2D eigenvalue weighted by Gasteiger charge is -2.60. The number of aliphatic hydroxyl groups excluding tert-OH is 4. The second-order valence-electron chi connectivity index (χ2n) is 15.5. The first kappa shape index (κ1) is 29.1. The van der Waals surface area contributed by atoms with Crippen LogP contribution in [0.25, 0.3) is 0 Å². The summed E-state index contributed by atoms with van der Waals surface area (Å²) in [4.78, 5) is 0. The summed E-state index contributed by atoms with van der Waals surface area (Å²) in [6.07, 6.45) is 3.99. The number of allylic oxidation sites excluding steroid dienone is 1. The maximum Gasteiger partial charge on any atom is 0.186 e. The second-order valence-corrected chi connectivity index (χ2v) is 15.5. The van der Waals surface area contributed by atoms with Gasteiger partial charge in [0.1, 0.15) is 18.3 Å². The van der Waals surface area contributed by atoms with Crippen molar-refractivity contribution in [1.29, 1.82) is 0 Å². The van der Waals surface area contributed by atoms with Crippen molar-refractivity contribution < 1.29 is 39.4 Å². The van der Waals surface area contributed by atoms with Crippen LogP contribution in [0.15, 0.2) is 11.6 Å². The highest BCUT2D eigenvalue weighted by atomic mass is 16.7. The van der Waals surface area contributed by atoms with Crippen LogP contribution in [0.1, 0.15) is 86.0 Å². The highest BCUT2D eigenvalue weighted by Gasteiger charge is 2.69. The van der Waals surface area contributed by atoms with E-state index in [4.69, 9.17) is 18.9 Å². The molecule has 0 amide bonds. The van der Waals surface area contributed by atoms with Crippen molar-refractivity contribution in [2.45, 2.75) is 141 Å². The quantitative estimate of drug-likeness (QED) is 0.369. The Bertz CT molecular complexity index is 1040. The van der Waals surface area contributed by atoms with Crippen LogP contribution in [-0.2, 0) is 18.9 Å². The molecular formula is C33H52O8. The minimum atomic E-state index is -1.33. The molecule has 1 spiro atoms. The minimum Gasteiger partial charge on any atom is -0.392 e. The monoisotopic (exact) mass is 576 g/mol. The van der Waals surface area contributed by atoms with Crippen molar-refractivity contribution >= 4 is 0 Å². The molecule has 0 aromatic heterocycles. The van der Waals surface area contributed by atoms with Gasteiger partial charge in [0.2, 0.25) is 0 Å². The summed E-state index contributed by atoms with van der Waals surface area (Å²) in [6, 6.07) is 0. The third-order valence-corrected chi connectivity index (χ3v) is 13.6. The van der Waals surface area contributed by atoms with Crippen LogP contribution >= 0.6 is 0 Å². The average Bonchev–Trinajstić information content (AvgIpc) is 3.38. The average molecular weight is 577 g/mol. The lowest BCUT2D eigenvalue weighted by Crippen LogP contribution is -2.59. The Balaban J connectivity index is 1.08. The van der Waals surface area contributed by atoms with Crippen LogP contribution in [-0.4, -0.2) is 81.8 Å². The molecule has 3 aliphatic heterocycles. The molecule has 8 heteroatoms. The van der Waals surface area contributed by atoms with Gasteiger partial charge in [-0.15, -0.1) is 0 Å². The van der Waals surface area contributed by atoms with Crippen molar-refractivity contribution in [2.24, 2.45) is 46.3 Å². The van der Waals surface area contributed by atoms with E-state index < -0.39 is 42.6 Å². The molecule has 17 atom stereocenters. The summed E-state index contributed by atoms with van der Waals surface area (Å²) in [5.41, 5.74) is 1.19. The summed E-state index contributed by atoms with van der Waals surface area (Å²) in [5.74, 6) is 2.65. The third kappa shape index (κ3) is 4.14. The van der Waals surface area contributed by atoms with Crippen LogP contribution in [0.5, 0.6) is 0 Å². The van der Waals surface area contributed by atoms with Gasteiger partial charge in [0.25, 0.3) is 0 Å². The Hall–Kier alpha value is -0.580. The lowest BCUT2D eigenvalue weighted by molar-refractivity contribution is -0.308. The summed E-state index contributed by atoms with van der Waals surface area (Å²) in [6.45, 7) is 11.9. The maximum atomic E-state index is 11.8. The van der Waals surface area contributed by atoms with Crippen LogP contribution in [0.2, 0.25) is 0 Å². The number of ether oxygens (including phenoxy) is 4. The topological polar surface area (TPSA) is 118 Å². The minimum absolute atomic E-state index is 0.227. The van der Waals surface area contributed by atoms with Gasteiger partial charge in [0.15, 0.2) is 12.1 Å². The van der Waals surface area contributed by atoms with E-state index in [9.17, 15) is 20.4 Å². The van der Waals surface area contributed by atoms with E-state index in [1.807, 2.05) is 0 Å². The number of hydrogen-bond acceptors (Lipinski definition) is 8. The van der Waals surface area contributed by atoms with Gasteiger partial charge >= 0.3 is 0 Å². The van der Waals surface area contributed by atoms with Gasteiger partial charge in [0, 0.05) is 24.2 Å². The zero-order chi connectivity index (χ0) is 29.1. The Morgan fingerprint density at radius 2 is 1.71 bits per heavy atom. The normalized spacial score (nSPS) is 60.2. The predicted molar refractivity (Wildman–Crippen MR) is 150 cm³/mol. The lowest BCUT2D eigenvalue weighted by atomic mass is 9.46. The highest BCUT2D eigenvalue weighted by molar-refractivity contribution is 5.28. The summed E-state index contributed by atoms with van der Waals surface area (Å²) >= 11 is 0. The first-order valence-electron chi connectivity index (χ1n) is 16.4. The van der Waals surface area contributed by atoms with E-state index in [1.165, 1.54) is 12.0 Å². The number of hydrogen-bond donors (Lipinski definition) is 4. The molecule has 8 nitrogen and oxygen atoms in total. The zero-order valence-electron chi connectivity index (χ0n) is 25.4. The molecule has 4 N–H and O–H groups in total. The Labute approximate surface area is 244 Å². The SMILES string of the molecule is C[C@H]1CC[C@@]2(OC1)O[C@H]1C[C@H]3[C@@H]4CC=C5C[C@@H](O[C@@H]6O[C@@H](C)[C@H](O)[C@@H](O)[C@H]6O)C[C@@H](O)[C@]5(C)[C@H]4CC[C@]3(C)[C@H]1[C@@H]2C. The molecule has 0 aromatic carbocycles. The molecule has 0 bridgehead atoms. The van der Waals surface area contributed by atoms with Crippen molar-refractivity contribution in [3.8, 4) is 0 Å². The smallest absolute Gasteiger partial charge is 0.186 e. The summed E-state index contributed by atoms with van der Waals surface area (Å²) in [7, 11) is 0. The van der Waals surface area contributed by atoms with Gasteiger partial charge in [-0.05, 0) is 80.5 Å². The molecule has 0 radical (unpaired) electrons. The highest BCUT2D eigenvalue weighted by Crippen LogP contribution is 2.70. The van der Waals surface area contributed by atoms with Crippen molar-refractivity contribution in [1.82, 2.24) is 0 Å². The molecule has 7 rings (SSSR count). The largest absolute Gasteiger partial charge is 0.392 e. The fraction of sp³-hybridized carbons (Fsp3) is 0.939. The molecule has 3 saturated carbocycles. The Morgan fingerprint density at radius 1 is 0.927 bits per heavy atom. The molecular weight excluding hydrogens is 524 g/mol. The number of aliphatic hydroxyl groups is 4. The fourth-order valence-corrected chi connectivity index (χ4v) is 11.1. The van der Waals surface area contributed by atoms with Crippen molar-refractivity contribution in [3.63, 3.8) is 0 Å². The maximum absolute atomic E-state index is 11.8. The molecule has 4 aliphatic carbocycles. The standard InChI is InChI=1S/C33H52O8/c1-16-8-11-33(38-15-16)17(2)26-24(41-33)14-23-21-7-6-19-12-20(40-30-29(37)28(36)27(35)18(3)39-30)13-25(34)32(19,5)22(21)9-10-31(23,26)4/h6,16-18,20-30,34-37H,7-15H2,1-5H3/t16-,17-,18-,20+,21+,22-,23-,24-,25+,26-,27-,28+,29+,30-,31-,32-,33+/m0/s1. The molecule has 0 aromatic rings. The second kappa shape index (κ2) is 9.96. The van der Waals surface area contributed by atoms with Gasteiger partial charge in [-0.3, -0.25) is 0 Å². The Kier molecular flexibility index (Phi) is 7.08. The van der Waals surface area contributed by atoms with E-state index in [-0.39, 0.29) is 23.0 Å². The molecule has 3 saturated heterocycles. The molecule has 3 heterocycles. The zero-order valence-corrected chi connectivity index (χ0v) is 25.4. The van der Waals surface area contributed by atoms with Gasteiger partial charge in [-0.2, -0.15) is 0 Å². The van der Waals surface area contributed by atoms with Gasteiger partial charge in [-0.25, -0.2) is 0 Å². The van der Waals surface area contributed by atoms with Crippen LogP contribution in [0.3, 0.4) is 0 Å². The fourth-order valence-electron chi connectivity index (χ4n) is 11.1. The van der Waals surface area contributed by atoms with Gasteiger partial charge in [-0.1, -0.05) is 39.3 Å². The van der Waals surface area contributed by atoms with Crippen LogP contribution < -0.4 is 0 Å². The first-order valence-corrected chi connectivity index (χ1v) is 16.4. The van der Waals surface area contributed by atoms with Gasteiger partial charge < -0.3 is 39.4 Å². The molecule has 41 heavy (non-hydrogen) atoms. The van der Waals surface area contributed by atoms with Crippen LogP contribution in [0, 0.1) is 46.3 Å². The van der Waals surface area contributed by atoms with E-state index in [0.29, 0.717) is 48.3 Å². The predicted octanol–water partition coefficient (Wildman–Crippen LogP) is 3.54. The number of rotatable bonds is 2. The van der Waals surface area contributed by atoms with E-state index in [2.05, 4.69) is 33.8 Å². The molecule has 6 fully saturated rings. The first-order chi connectivity index (χ1) is 19.4. The Morgan fingerprint density at radius 3 is 2.44 bits per heavy atom. The summed E-state index contributed by atoms with van der Waals surface area (Å²) in [5, 5.41) is 42.5. The summed E-state index contributed by atoms with van der Waals surface area (Å²) < 4.78 is 25.3. The van der Waals surface area contributed by atoms with E-state index in [1.54, 1.807) is 6.92 Å².